The lowest BCUT2D eigenvalue weighted by Gasteiger charge is -2.22. The summed E-state index contributed by atoms with van der Waals surface area (Å²) in [5.74, 6) is -0.535. The van der Waals surface area contributed by atoms with Gasteiger partial charge in [0.15, 0.2) is 0 Å². The van der Waals surface area contributed by atoms with Gasteiger partial charge in [0, 0.05) is 19.2 Å². The summed E-state index contributed by atoms with van der Waals surface area (Å²) < 4.78 is 32.8. The highest BCUT2D eigenvalue weighted by atomic mass is 19.1. The minimum atomic E-state index is -0.576. The monoisotopic (exact) mass is 348 g/mol. The van der Waals surface area contributed by atoms with E-state index in [0.717, 1.165) is 0 Å². The standard InChI is InChI=1S/C19H22F2N2O2/c1-4-23(12-14-6-5-7-15(20)10-14)19(24)22-18-9-8-16(11-17(18)21)25-13(2)3/h5-11,13H,4,12H2,1-3H3,(H,22,24). The number of hydrogen-bond donors (Lipinski definition) is 1. The molecule has 0 radical (unpaired) electrons. The Morgan fingerprint density at radius 1 is 1.20 bits per heavy atom. The molecule has 0 atom stereocenters. The van der Waals surface area contributed by atoms with Gasteiger partial charge in [-0.3, -0.25) is 0 Å². The minimum Gasteiger partial charge on any atom is -0.491 e. The second-order valence-corrected chi connectivity index (χ2v) is 5.88. The maximum Gasteiger partial charge on any atom is 0.322 e. The highest BCUT2D eigenvalue weighted by Crippen LogP contribution is 2.22. The third-order valence-corrected chi connectivity index (χ3v) is 3.49. The van der Waals surface area contributed by atoms with E-state index < -0.39 is 11.8 Å². The molecule has 134 valence electrons. The van der Waals surface area contributed by atoms with E-state index in [4.69, 9.17) is 4.74 Å². The predicted molar refractivity (Wildman–Crippen MR) is 93.7 cm³/mol. The van der Waals surface area contributed by atoms with Crippen molar-refractivity contribution in [2.24, 2.45) is 0 Å². The lowest BCUT2D eigenvalue weighted by atomic mass is 10.2. The number of rotatable bonds is 6. The quantitative estimate of drug-likeness (QED) is 0.814. The lowest BCUT2D eigenvalue weighted by Crippen LogP contribution is -2.34. The first kappa shape index (κ1) is 18.7. The Labute approximate surface area is 146 Å². The average molecular weight is 348 g/mol. The van der Waals surface area contributed by atoms with Crippen molar-refractivity contribution in [3.63, 3.8) is 0 Å². The van der Waals surface area contributed by atoms with Crippen LogP contribution in [0.4, 0.5) is 19.3 Å². The van der Waals surface area contributed by atoms with E-state index in [1.54, 1.807) is 25.1 Å². The van der Waals surface area contributed by atoms with Crippen LogP contribution in [0.3, 0.4) is 0 Å². The van der Waals surface area contributed by atoms with E-state index in [1.165, 1.54) is 29.2 Å². The molecule has 0 bridgehead atoms. The van der Waals surface area contributed by atoms with Crippen molar-refractivity contribution in [2.75, 3.05) is 11.9 Å². The normalized spacial score (nSPS) is 10.6. The van der Waals surface area contributed by atoms with Gasteiger partial charge in [-0.1, -0.05) is 12.1 Å². The number of carbonyl (C=O) groups is 1. The topological polar surface area (TPSA) is 41.6 Å². The number of nitrogens with zero attached hydrogens (tertiary/aromatic N) is 1. The Hall–Kier alpha value is -2.63. The number of ether oxygens (including phenoxy) is 1. The van der Waals surface area contributed by atoms with Gasteiger partial charge in [-0.25, -0.2) is 13.6 Å². The van der Waals surface area contributed by atoms with Gasteiger partial charge in [-0.2, -0.15) is 0 Å². The van der Waals surface area contributed by atoms with Crippen molar-refractivity contribution < 1.29 is 18.3 Å². The Morgan fingerprint density at radius 3 is 2.56 bits per heavy atom. The molecule has 0 saturated heterocycles. The molecule has 0 aromatic heterocycles. The Bertz CT molecular complexity index is 735. The third kappa shape index (κ3) is 5.45. The van der Waals surface area contributed by atoms with Crippen molar-refractivity contribution in [3.8, 4) is 5.75 Å². The number of halogens is 2. The van der Waals surface area contributed by atoms with Gasteiger partial charge >= 0.3 is 6.03 Å². The molecule has 25 heavy (non-hydrogen) atoms. The van der Waals surface area contributed by atoms with Crippen molar-refractivity contribution >= 4 is 11.7 Å². The Kier molecular flexibility index (Phi) is 6.33. The molecule has 0 saturated carbocycles. The summed E-state index contributed by atoms with van der Waals surface area (Å²) >= 11 is 0. The maximum absolute atomic E-state index is 14.1. The largest absolute Gasteiger partial charge is 0.491 e. The molecule has 0 unspecified atom stereocenters. The van der Waals surface area contributed by atoms with Crippen LogP contribution in [-0.4, -0.2) is 23.6 Å². The minimum absolute atomic E-state index is 0.0679. The van der Waals surface area contributed by atoms with Crippen LogP contribution < -0.4 is 10.1 Å². The van der Waals surface area contributed by atoms with Crippen LogP contribution >= 0.6 is 0 Å². The second-order valence-electron chi connectivity index (χ2n) is 5.88. The summed E-state index contributed by atoms with van der Waals surface area (Å²) in [5.41, 5.74) is 0.733. The molecule has 0 aliphatic carbocycles. The van der Waals surface area contributed by atoms with Gasteiger partial charge in [-0.15, -0.1) is 0 Å². The van der Waals surface area contributed by atoms with Crippen molar-refractivity contribution in [1.82, 2.24) is 4.90 Å². The third-order valence-electron chi connectivity index (χ3n) is 3.49. The average Bonchev–Trinajstić information content (AvgIpc) is 2.54. The molecule has 0 spiro atoms. The first-order chi connectivity index (χ1) is 11.9. The zero-order chi connectivity index (χ0) is 18.4. The van der Waals surface area contributed by atoms with Crippen LogP contribution in [0, 0.1) is 11.6 Å². The number of nitrogens with one attached hydrogen (secondary N) is 1. The van der Waals surface area contributed by atoms with E-state index in [-0.39, 0.29) is 24.2 Å². The fraction of sp³-hybridized carbons (Fsp3) is 0.316. The van der Waals surface area contributed by atoms with E-state index in [1.807, 2.05) is 13.8 Å². The predicted octanol–water partition coefficient (Wildman–Crippen LogP) is 4.81. The van der Waals surface area contributed by atoms with Crippen LogP contribution in [0.5, 0.6) is 5.75 Å². The molecule has 2 rings (SSSR count). The summed E-state index contributed by atoms with van der Waals surface area (Å²) in [6.07, 6.45) is -0.0679. The first-order valence-corrected chi connectivity index (χ1v) is 8.15. The molecule has 0 fully saturated rings. The summed E-state index contributed by atoms with van der Waals surface area (Å²) in [5, 5.41) is 2.54. The van der Waals surface area contributed by atoms with Gasteiger partial charge in [0.25, 0.3) is 0 Å². The second kappa shape index (κ2) is 8.46. The number of amides is 2. The Morgan fingerprint density at radius 2 is 1.96 bits per heavy atom. The van der Waals surface area contributed by atoms with Gasteiger partial charge in [0.2, 0.25) is 0 Å². The van der Waals surface area contributed by atoms with Gasteiger partial charge in [-0.05, 0) is 50.6 Å². The first-order valence-electron chi connectivity index (χ1n) is 8.15. The molecule has 4 nitrogen and oxygen atoms in total. The van der Waals surface area contributed by atoms with E-state index in [0.29, 0.717) is 17.9 Å². The molecular formula is C19H22F2N2O2. The fourth-order valence-electron chi connectivity index (χ4n) is 2.32. The molecule has 2 amide bonds. The Balaban J connectivity index is 2.06. The molecular weight excluding hydrogens is 326 g/mol. The van der Waals surface area contributed by atoms with Gasteiger partial charge in [0.1, 0.15) is 17.4 Å². The van der Waals surface area contributed by atoms with Gasteiger partial charge in [0.05, 0.1) is 11.8 Å². The fourth-order valence-corrected chi connectivity index (χ4v) is 2.32. The number of hydrogen-bond acceptors (Lipinski definition) is 2. The molecule has 0 aliphatic rings. The van der Waals surface area contributed by atoms with Crippen molar-refractivity contribution in [2.45, 2.75) is 33.4 Å². The zero-order valence-corrected chi connectivity index (χ0v) is 14.6. The van der Waals surface area contributed by atoms with Crippen LogP contribution in [0.2, 0.25) is 0 Å². The van der Waals surface area contributed by atoms with Crippen molar-refractivity contribution in [1.29, 1.82) is 0 Å². The van der Waals surface area contributed by atoms with Gasteiger partial charge < -0.3 is 15.0 Å². The summed E-state index contributed by atoms with van der Waals surface area (Å²) in [6, 6.07) is 9.87. The SMILES string of the molecule is CCN(Cc1cccc(F)c1)C(=O)Nc1ccc(OC(C)C)cc1F. The lowest BCUT2D eigenvalue weighted by molar-refractivity contribution is 0.212. The number of carbonyl (C=O) groups excluding carboxylic acids is 1. The molecule has 0 heterocycles. The molecule has 0 aliphatic heterocycles. The molecule has 1 N–H and O–H groups in total. The van der Waals surface area contributed by atoms with Crippen LogP contribution in [0.25, 0.3) is 0 Å². The summed E-state index contributed by atoms with van der Waals surface area (Å²) in [7, 11) is 0. The molecule has 2 aromatic carbocycles. The highest BCUT2D eigenvalue weighted by molar-refractivity contribution is 5.89. The van der Waals surface area contributed by atoms with E-state index in [9.17, 15) is 13.6 Å². The van der Waals surface area contributed by atoms with E-state index >= 15 is 0 Å². The number of urea groups is 1. The summed E-state index contributed by atoms with van der Waals surface area (Å²) in [4.78, 5) is 13.8. The number of anilines is 1. The van der Waals surface area contributed by atoms with Crippen LogP contribution in [0.1, 0.15) is 26.3 Å². The molecule has 2 aromatic rings. The van der Waals surface area contributed by atoms with Crippen LogP contribution in [0.15, 0.2) is 42.5 Å². The smallest absolute Gasteiger partial charge is 0.322 e. The van der Waals surface area contributed by atoms with Crippen molar-refractivity contribution in [3.05, 3.63) is 59.7 Å². The number of benzene rings is 2. The van der Waals surface area contributed by atoms with E-state index in [2.05, 4.69) is 5.32 Å². The highest BCUT2D eigenvalue weighted by Gasteiger charge is 2.15. The molecule has 6 heteroatoms. The zero-order valence-electron chi connectivity index (χ0n) is 14.6. The van der Waals surface area contributed by atoms with Crippen LogP contribution in [-0.2, 0) is 6.54 Å². The summed E-state index contributed by atoms with van der Waals surface area (Å²) in [6.45, 7) is 6.13. The maximum atomic E-state index is 14.1.